The second-order valence-electron chi connectivity index (χ2n) is 5.42. The molecule has 6 heteroatoms. The molecule has 2 rings (SSSR count). The van der Waals surface area contributed by atoms with Gasteiger partial charge in [0, 0.05) is 12.7 Å². The van der Waals surface area contributed by atoms with Crippen LogP contribution >= 0.6 is 0 Å². The van der Waals surface area contributed by atoms with Crippen molar-refractivity contribution in [1.82, 2.24) is 10.9 Å². The molecule has 0 fully saturated rings. The molecule has 132 valence electrons. The monoisotopic (exact) mass is 342 g/mol. The second-order valence-corrected chi connectivity index (χ2v) is 5.42. The van der Waals surface area contributed by atoms with Gasteiger partial charge in [0.2, 0.25) is 0 Å². The number of hydrogen-bond acceptors (Lipinski definition) is 4. The quantitative estimate of drug-likeness (QED) is 0.757. The van der Waals surface area contributed by atoms with Gasteiger partial charge in [-0.05, 0) is 41.8 Å². The second kappa shape index (κ2) is 9.44. The first-order valence-electron chi connectivity index (χ1n) is 8.01. The highest BCUT2D eigenvalue weighted by Gasteiger charge is 2.08. The topological polar surface area (TPSA) is 76.7 Å². The first-order valence-corrected chi connectivity index (χ1v) is 8.01. The standard InChI is InChI=1S/C19H22N2O4/c1-3-14-7-9-17(10-8-14)25-13-18(22)20-21-19(23)16-6-4-5-15(11-16)12-24-2/h4-11H,3,12-13H2,1-2H3,(H,20,22)(H,21,23). The lowest BCUT2D eigenvalue weighted by atomic mass is 10.1. The Labute approximate surface area is 147 Å². The highest BCUT2D eigenvalue weighted by molar-refractivity contribution is 5.95. The number of hydrogen-bond donors (Lipinski definition) is 2. The molecule has 0 saturated heterocycles. The fourth-order valence-corrected chi connectivity index (χ4v) is 2.17. The van der Waals surface area contributed by atoms with Crippen LogP contribution in [0.5, 0.6) is 5.75 Å². The van der Waals surface area contributed by atoms with E-state index in [0.717, 1.165) is 12.0 Å². The van der Waals surface area contributed by atoms with E-state index in [1.807, 2.05) is 30.3 Å². The van der Waals surface area contributed by atoms with Gasteiger partial charge in [-0.1, -0.05) is 31.2 Å². The minimum absolute atomic E-state index is 0.185. The summed E-state index contributed by atoms with van der Waals surface area (Å²) in [6, 6.07) is 14.5. The van der Waals surface area contributed by atoms with Gasteiger partial charge in [-0.3, -0.25) is 20.4 Å². The minimum atomic E-state index is -0.444. The Hall–Kier alpha value is -2.86. The lowest BCUT2D eigenvalue weighted by Crippen LogP contribution is -2.43. The first kappa shape index (κ1) is 18.5. The van der Waals surface area contributed by atoms with Gasteiger partial charge < -0.3 is 9.47 Å². The number of methoxy groups -OCH3 is 1. The van der Waals surface area contributed by atoms with Crippen molar-refractivity contribution in [3.05, 3.63) is 65.2 Å². The van der Waals surface area contributed by atoms with Crippen LogP contribution in [0, 0.1) is 0 Å². The molecule has 0 saturated carbocycles. The number of rotatable bonds is 7. The predicted octanol–water partition coefficient (Wildman–Crippen LogP) is 2.24. The SMILES string of the molecule is CCc1ccc(OCC(=O)NNC(=O)c2cccc(COC)c2)cc1. The Morgan fingerprint density at radius 3 is 2.44 bits per heavy atom. The molecule has 2 aromatic carbocycles. The summed E-state index contributed by atoms with van der Waals surface area (Å²) >= 11 is 0. The van der Waals surface area contributed by atoms with Crippen LogP contribution < -0.4 is 15.6 Å². The molecule has 2 amide bonds. The van der Waals surface area contributed by atoms with E-state index in [-0.39, 0.29) is 6.61 Å². The normalized spacial score (nSPS) is 10.2. The van der Waals surface area contributed by atoms with Crippen molar-refractivity contribution in [1.29, 1.82) is 0 Å². The highest BCUT2D eigenvalue weighted by atomic mass is 16.5. The predicted molar refractivity (Wildman–Crippen MR) is 94.1 cm³/mol. The van der Waals surface area contributed by atoms with E-state index in [1.54, 1.807) is 25.3 Å². The fraction of sp³-hybridized carbons (Fsp3) is 0.263. The highest BCUT2D eigenvalue weighted by Crippen LogP contribution is 2.12. The lowest BCUT2D eigenvalue weighted by molar-refractivity contribution is -0.123. The average Bonchev–Trinajstić information content (AvgIpc) is 2.65. The van der Waals surface area contributed by atoms with E-state index in [0.29, 0.717) is 17.9 Å². The molecule has 2 N–H and O–H groups in total. The van der Waals surface area contributed by atoms with Crippen LogP contribution in [0.2, 0.25) is 0 Å². The van der Waals surface area contributed by atoms with Crippen molar-refractivity contribution in [3.8, 4) is 5.75 Å². The minimum Gasteiger partial charge on any atom is -0.484 e. The summed E-state index contributed by atoms with van der Waals surface area (Å²) in [6.45, 7) is 2.30. The Morgan fingerprint density at radius 1 is 1.00 bits per heavy atom. The third-order valence-corrected chi connectivity index (χ3v) is 3.52. The maximum absolute atomic E-state index is 12.0. The average molecular weight is 342 g/mol. The molecule has 0 bridgehead atoms. The molecule has 0 aliphatic carbocycles. The summed E-state index contributed by atoms with van der Waals surface area (Å²) in [6.07, 6.45) is 0.943. The molecule has 25 heavy (non-hydrogen) atoms. The summed E-state index contributed by atoms with van der Waals surface area (Å²) in [5, 5.41) is 0. The lowest BCUT2D eigenvalue weighted by Gasteiger charge is -2.10. The van der Waals surface area contributed by atoms with E-state index in [1.165, 1.54) is 5.56 Å². The summed E-state index contributed by atoms with van der Waals surface area (Å²) in [5.74, 6) is -0.245. The summed E-state index contributed by atoms with van der Waals surface area (Å²) in [4.78, 5) is 23.8. The van der Waals surface area contributed by atoms with Crippen LogP contribution in [-0.4, -0.2) is 25.5 Å². The van der Waals surface area contributed by atoms with Gasteiger partial charge in [-0.2, -0.15) is 0 Å². The van der Waals surface area contributed by atoms with Gasteiger partial charge in [0.05, 0.1) is 6.61 Å². The third-order valence-electron chi connectivity index (χ3n) is 3.52. The van der Waals surface area contributed by atoms with Crippen molar-refractivity contribution in [2.75, 3.05) is 13.7 Å². The number of ether oxygens (including phenoxy) is 2. The molecular weight excluding hydrogens is 320 g/mol. The maximum Gasteiger partial charge on any atom is 0.276 e. The van der Waals surface area contributed by atoms with Crippen molar-refractivity contribution >= 4 is 11.8 Å². The van der Waals surface area contributed by atoms with Crippen LogP contribution in [0.4, 0.5) is 0 Å². The molecule has 0 aromatic heterocycles. The number of carbonyl (C=O) groups is 2. The Balaban J connectivity index is 1.78. The zero-order valence-corrected chi connectivity index (χ0v) is 14.4. The molecule has 0 heterocycles. The largest absolute Gasteiger partial charge is 0.484 e. The van der Waals surface area contributed by atoms with Gasteiger partial charge in [0.25, 0.3) is 11.8 Å². The van der Waals surface area contributed by atoms with Crippen molar-refractivity contribution in [2.45, 2.75) is 20.0 Å². The van der Waals surface area contributed by atoms with Gasteiger partial charge in [-0.25, -0.2) is 0 Å². The number of hydrazine groups is 1. The first-order chi connectivity index (χ1) is 12.1. The van der Waals surface area contributed by atoms with E-state index >= 15 is 0 Å². The number of aryl methyl sites for hydroxylation is 1. The van der Waals surface area contributed by atoms with Gasteiger partial charge >= 0.3 is 0 Å². The van der Waals surface area contributed by atoms with Crippen molar-refractivity contribution < 1.29 is 19.1 Å². The van der Waals surface area contributed by atoms with Crippen LogP contribution in [0.1, 0.15) is 28.4 Å². The van der Waals surface area contributed by atoms with Gasteiger partial charge in [0.15, 0.2) is 6.61 Å². The number of nitrogens with one attached hydrogen (secondary N) is 2. The molecule has 0 atom stereocenters. The van der Waals surface area contributed by atoms with Crippen LogP contribution in [0.3, 0.4) is 0 Å². The molecule has 0 spiro atoms. The Morgan fingerprint density at radius 2 is 1.76 bits per heavy atom. The Bertz CT molecular complexity index is 714. The van der Waals surface area contributed by atoms with Crippen LogP contribution in [0.25, 0.3) is 0 Å². The van der Waals surface area contributed by atoms with Gasteiger partial charge in [-0.15, -0.1) is 0 Å². The van der Waals surface area contributed by atoms with E-state index in [9.17, 15) is 9.59 Å². The van der Waals surface area contributed by atoms with Gasteiger partial charge in [0.1, 0.15) is 5.75 Å². The van der Waals surface area contributed by atoms with E-state index in [2.05, 4.69) is 17.8 Å². The maximum atomic E-state index is 12.0. The zero-order chi connectivity index (χ0) is 18.1. The smallest absolute Gasteiger partial charge is 0.276 e. The van der Waals surface area contributed by atoms with Crippen LogP contribution in [-0.2, 0) is 22.6 Å². The number of amides is 2. The fourth-order valence-electron chi connectivity index (χ4n) is 2.17. The summed E-state index contributed by atoms with van der Waals surface area (Å²) in [5.41, 5.74) is 7.20. The molecule has 0 unspecified atom stereocenters. The molecule has 6 nitrogen and oxygen atoms in total. The molecule has 0 aliphatic rings. The van der Waals surface area contributed by atoms with E-state index < -0.39 is 11.8 Å². The van der Waals surface area contributed by atoms with Crippen molar-refractivity contribution in [2.24, 2.45) is 0 Å². The summed E-state index contributed by atoms with van der Waals surface area (Å²) in [7, 11) is 1.59. The van der Waals surface area contributed by atoms with E-state index in [4.69, 9.17) is 9.47 Å². The summed E-state index contributed by atoms with van der Waals surface area (Å²) < 4.78 is 10.4. The molecular formula is C19H22N2O4. The number of carbonyl (C=O) groups excluding carboxylic acids is 2. The third kappa shape index (κ3) is 5.93. The molecule has 0 aliphatic heterocycles. The zero-order valence-electron chi connectivity index (χ0n) is 14.4. The Kier molecular flexibility index (Phi) is 6.98. The van der Waals surface area contributed by atoms with Crippen LogP contribution in [0.15, 0.2) is 48.5 Å². The number of benzene rings is 2. The molecule has 2 aromatic rings. The molecule has 0 radical (unpaired) electrons. The van der Waals surface area contributed by atoms with Crippen molar-refractivity contribution in [3.63, 3.8) is 0 Å².